The maximum absolute atomic E-state index is 13.8. The first-order valence-corrected chi connectivity index (χ1v) is 11.4. The van der Waals surface area contributed by atoms with E-state index in [1.54, 1.807) is 35.8 Å². The van der Waals surface area contributed by atoms with Gasteiger partial charge >= 0.3 is 0 Å². The molecule has 0 saturated heterocycles. The van der Waals surface area contributed by atoms with Gasteiger partial charge in [-0.3, -0.25) is 14.0 Å². The Morgan fingerprint density at radius 1 is 1.09 bits per heavy atom. The zero-order valence-corrected chi connectivity index (χ0v) is 19.3. The molecule has 0 bridgehead atoms. The van der Waals surface area contributed by atoms with Gasteiger partial charge in [-0.05, 0) is 53.1 Å². The van der Waals surface area contributed by atoms with Gasteiger partial charge in [0.2, 0.25) is 0 Å². The molecule has 3 aromatic heterocycles. The molecule has 0 spiro atoms. The molecule has 0 unspecified atom stereocenters. The number of thiophene rings is 1. The van der Waals surface area contributed by atoms with Crippen molar-refractivity contribution in [2.24, 2.45) is 0 Å². The molecule has 4 rings (SSSR count). The predicted molar refractivity (Wildman–Crippen MR) is 129 cm³/mol. The number of benzene rings is 1. The Morgan fingerprint density at radius 3 is 2.56 bits per heavy atom. The number of ether oxygens (including phenoxy) is 2. The van der Waals surface area contributed by atoms with Crippen molar-refractivity contribution in [3.05, 3.63) is 70.0 Å². The highest BCUT2D eigenvalue weighted by Crippen LogP contribution is 2.30. The van der Waals surface area contributed by atoms with E-state index in [1.165, 1.54) is 11.3 Å². The third-order valence-corrected chi connectivity index (χ3v) is 6.46. The van der Waals surface area contributed by atoms with Gasteiger partial charge in [0, 0.05) is 32.0 Å². The SMILES string of the molecule is CCCN(CCOC)C(=O)c1cc(-c2ccc(OC)cc2)c(=O)n2ccc3ccsc3c12. The van der Waals surface area contributed by atoms with E-state index in [1.807, 2.05) is 48.7 Å². The zero-order chi connectivity index (χ0) is 22.7. The fourth-order valence-electron chi connectivity index (χ4n) is 3.90. The van der Waals surface area contributed by atoms with Gasteiger partial charge in [0.25, 0.3) is 11.5 Å². The van der Waals surface area contributed by atoms with Crippen LogP contribution in [0.15, 0.2) is 58.8 Å². The van der Waals surface area contributed by atoms with Gasteiger partial charge in [-0.25, -0.2) is 0 Å². The second kappa shape index (κ2) is 9.54. The molecule has 0 fully saturated rings. The molecule has 0 atom stereocenters. The first-order valence-electron chi connectivity index (χ1n) is 10.6. The lowest BCUT2D eigenvalue weighted by atomic mass is 10.0. The highest BCUT2D eigenvalue weighted by atomic mass is 32.1. The number of hydrogen-bond acceptors (Lipinski definition) is 5. The van der Waals surface area contributed by atoms with E-state index in [2.05, 4.69) is 0 Å². The van der Waals surface area contributed by atoms with E-state index in [9.17, 15) is 9.59 Å². The van der Waals surface area contributed by atoms with Crippen LogP contribution in [0.25, 0.3) is 26.7 Å². The van der Waals surface area contributed by atoms with E-state index in [0.29, 0.717) is 42.1 Å². The molecular weight excluding hydrogens is 424 g/mol. The van der Waals surface area contributed by atoms with Crippen LogP contribution in [0.3, 0.4) is 0 Å². The Balaban J connectivity index is 1.97. The molecule has 6 nitrogen and oxygen atoms in total. The average Bonchev–Trinajstić information content (AvgIpc) is 3.31. The molecular formula is C25H26N2O4S. The van der Waals surface area contributed by atoms with Crippen LogP contribution in [0.5, 0.6) is 5.75 Å². The summed E-state index contributed by atoms with van der Waals surface area (Å²) in [5.74, 6) is 0.608. The van der Waals surface area contributed by atoms with E-state index >= 15 is 0 Å². The van der Waals surface area contributed by atoms with Crippen LogP contribution < -0.4 is 10.3 Å². The number of methoxy groups -OCH3 is 2. The summed E-state index contributed by atoms with van der Waals surface area (Å²) in [6, 6.07) is 13.0. The van der Waals surface area contributed by atoms with Crippen molar-refractivity contribution in [3.8, 4) is 16.9 Å². The average molecular weight is 451 g/mol. The smallest absolute Gasteiger partial charge is 0.263 e. The molecule has 4 aromatic rings. The van der Waals surface area contributed by atoms with Crippen molar-refractivity contribution in [1.29, 1.82) is 0 Å². The summed E-state index contributed by atoms with van der Waals surface area (Å²) in [6.45, 7) is 3.61. The molecule has 0 aliphatic carbocycles. The van der Waals surface area contributed by atoms with Gasteiger partial charge in [0.05, 0.1) is 29.5 Å². The summed E-state index contributed by atoms with van der Waals surface area (Å²) < 4.78 is 13.0. The summed E-state index contributed by atoms with van der Waals surface area (Å²) in [6.07, 6.45) is 2.59. The normalized spacial score (nSPS) is 11.2. The monoisotopic (exact) mass is 450 g/mol. The topological polar surface area (TPSA) is 60.2 Å². The van der Waals surface area contributed by atoms with Crippen LogP contribution in [-0.4, -0.2) is 49.1 Å². The van der Waals surface area contributed by atoms with E-state index in [0.717, 1.165) is 22.1 Å². The highest BCUT2D eigenvalue weighted by molar-refractivity contribution is 7.18. The zero-order valence-electron chi connectivity index (χ0n) is 18.5. The molecule has 0 saturated carbocycles. The Labute approximate surface area is 190 Å². The number of carbonyl (C=O) groups excluding carboxylic acids is 1. The molecule has 32 heavy (non-hydrogen) atoms. The number of pyridine rings is 2. The number of amides is 1. The lowest BCUT2D eigenvalue weighted by molar-refractivity contribution is 0.0697. The van der Waals surface area contributed by atoms with Crippen LogP contribution in [0, 0.1) is 0 Å². The Morgan fingerprint density at radius 2 is 1.88 bits per heavy atom. The van der Waals surface area contributed by atoms with Gasteiger partial charge in [-0.15, -0.1) is 11.3 Å². The summed E-state index contributed by atoms with van der Waals surface area (Å²) in [5, 5.41) is 3.00. The lowest BCUT2D eigenvalue weighted by Crippen LogP contribution is -2.35. The van der Waals surface area contributed by atoms with Gasteiger partial charge in [-0.1, -0.05) is 19.1 Å². The van der Waals surface area contributed by atoms with Crippen molar-refractivity contribution in [2.75, 3.05) is 33.9 Å². The highest BCUT2D eigenvalue weighted by Gasteiger charge is 2.23. The number of nitrogens with zero attached hydrogens (tertiary/aromatic N) is 2. The second-order valence-corrected chi connectivity index (χ2v) is 8.45. The maximum Gasteiger partial charge on any atom is 0.263 e. The van der Waals surface area contributed by atoms with Crippen LogP contribution >= 0.6 is 11.3 Å². The number of rotatable bonds is 8. The van der Waals surface area contributed by atoms with Crippen molar-refractivity contribution in [3.63, 3.8) is 0 Å². The van der Waals surface area contributed by atoms with Gasteiger partial charge in [-0.2, -0.15) is 0 Å². The molecule has 0 radical (unpaired) electrons. The second-order valence-electron chi connectivity index (χ2n) is 7.53. The van der Waals surface area contributed by atoms with Crippen LogP contribution in [0.1, 0.15) is 23.7 Å². The fourth-order valence-corrected chi connectivity index (χ4v) is 4.85. The van der Waals surface area contributed by atoms with Crippen molar-refractivity contribution in [1.82, 2.24) is 9.30 Å². The molecule has 0 N–H and O–H groups in total. The van der Waals surface area contributed by atoms with Crippen LogP contribution in [-0.2, 0) is 4.74 Å². The summed E-state index contributed by atoms with van der Waals surface area (Å²) >= 11 is 1.53. The molecule has 3 heterocycles. The quantitative estimate of drug-likeness (QED) is 0.391. The van der Waals surface area contributed by atoms with Crippen molar-refractivity contribution < 1.29 is 14.3 Å². The van der Waals surface area contributed by atoms with Gasteiger partial charge in [0.15, 0.2) is 0 Å². The Bertz CT molecular complexity index is 1310. The predicted octanol–water partition coefficient (Wildman–Crippen LogP) is 4.69. The number of aromatic nitrogens is 1. The van der Waals surface area contributed by atoms with E-state index < -0.39 is 0 Å². The number of hydrogen-bond donors (Lipinski definition) is 0. The van der Waals surface area contributed by atoms with Gasteiger partial charge in [0.1, 0.15) is 5.75 Å². The van der Waals surface area contributed by atoms with Crippen LogP contribution in [0.2, 0.25) is 0 Å². The van der Waals surface area contributed by atoms with E-state index in [-0.39, 0.29) is 11.5 Å². The first-order chi connectivity index (χ1) is 15.6. The standard InChI is InChI=1S/C25H26N2O4S/c1-4-11-26(13-14-30-2)24(28)21-16-20(17-5-7-19(31-3)8-6-17)25(29)27-12-9-18-10-15-32-23(18)22(21)27/h5-10,12,15-16H,4,11,13-14H2,1-3H3. The fraction of sp³-hybridized carbons (Fsp3) is 0.280. The number of carbonyl (C=O) groups is 1. The molecule has 0 aliphatic heterocycles. The third kappa shape index (κ3) is 4.01. The molecule has 166 valence electrons. The maximum atomic E-state index is 13.8. The molecule has 1 aromatic carbocycles. The minimum absolute atomic E-state index is 0.0999. The van der Waals surface area contributed by atoms with Gasteiger partial charge < -0.3 is 14.4 Å². The Hall–Kier alpha value is -3.16. The minimum atomic E-state index is -0.157. The minimum Gasteiger partial charge on any atom is -0.497 e. The largest absolute Gasteiger partial charge is 0.497 e. The van der Waals surface area contributed by atoms with Crippen LogP contribution in [0.4, 0.5) is 0 Å². The molecule has 7 heteroatoms. The van der Waals surface area contributed by atoms with E-state index in [4.69, 9.17) is 9.47 Å². The Kier molecular flexibility index (Phi) is 6.58. The van der Waals surface area contributed by atoms with Crippen molar-refractivity contribution in [2.45, 2.75) is 13.3 Å². The summed E-state index contributed by atoms with van der Waals surface area (Å²) in [7, 11) is 3.23. The third-order valence-electron chi connectivity index (χ3n) is 5.53. The first kappa shape index (κ1) is 22.0. The van der Waals surface area contributed by atoms with Crippen molar-refractivity contribution >= 4 is 32.8 Å². The molecule has 1 amide bonds. The lowest BCUT2D eigenvalue weighted by Gasteiger charge is -2.23. The summed E-state index contributed by atoms with van der Waals surface area (Å²) in [4.78, 5) is 29.0. The number of fused-ring (bicyclic) bond motifs is 3. The molecule has 0 aliphatic rings. The summed E-state index contributed by atoms with van der Waals surface area (Å²) in [5.41, 5.74) is 2.24.